The van der Waals surface area contributed by atoms with E-state index in [1.165, 1.54) is 10.5 Å². The predicted octanol–water partition coefficient (Wildman–Crippen LogP) is 2.76. The molecule has 2 rings (SSSR count). The molecule has 0 spiro atoms. The van der Waals surface area contributed by atoms with Crippen molar-refractivity contribution in [3.63, 3.8) is 0 Å². The van der Waals surface area contributed by atoms with Crippen LogP contribution in [0.3, 0.4) is 0 Å². The Morgan fingerprint density at radius 2 is 2.00 bits per heavy atom. The summed E-state index contributed by atoms with van der Waals surface area (Å²) in [6.45, 7) is 8.79. The number of benzene rings is 1. The van der Waals surface area contributed by atoms with Gasteiger partial charge in [0.25, 0.3) is 0 Å². The molecule has 2 aromatic rings. The van der Waals surface area contributed by atoms with Gasteiger partial charge in [0.05, 0.1) is 18.8 Å². The van der Waals surface area contributed by atoms with Gasteiger partial charge in [-0.2, -0.15) is 5.10 Å². The molecular formula is C17H25N3OS. The molecular weight excluding hydrogens is 294 g/mol. The van der Waals surface area contributed by atoms with E-state index in [9.17, 15) is 0 Å². The van der Waals surface area contributed by atoms with Crippen LogP contribution in [0.4, 0.5) is 0 Å². The fourth-order valence-corrected chi connectivity index (χ4v) is 3.46. The highest BCUT2D eigenvalue weighted by Gasteiger charge is 2.11. The van der Waals surface area contributed by atoms with Gasteiger partial charge in [-0.15, -0.1) is 11.8 Å². The zero-order valence-corrected chi connectivity index (χ0v) is 14.4. The van der Waals surface area contributed by atoms with Crippen LogP contribution in [0.25, 0.3) is 0 Å². The van der Waals surface area contributed by atoms with E-state index in [-0.39, 0.29) is 6.61 Å². The van der Waals surface area contributed by atoms with Gasteiger partial charge in [-0.25, -0.2) is 0 Å². The van der Waals surface area contributed by atoms with Crippen molar-refractivity contribution in [3.8, 4) is 0 Å². The molecule has 4 nitrogen and oxygen atoms in total. The summed E-state index contributed by atoms with van der Waals surface area (Å²) in [4.78, 5) is 1.31. The fraction of sp³-hybridized carbons (Fsp3) is 0.471. The van der Waals surface area contributed by atoms with Crippen molar-refractivity contribution in [2.75, 3.05) is 13.2 Å². The molecule has 0 aliphatic rings. The molecule has 5 heteroatoms. The first-order valence-electron chi connectivity index (χ1n) is 7.68. The summed E-state index contributed by atoms with van der Waals surface area (Å²) < 4.78 is 1.88. The molecule has 0 amide bonds. The number of aliphatic hydroxyl groups excluding tert-OH is 1. The highest BCUT2D eigenvalue weighted by molar-refractivity contribution is 8.00. The molecule has 0 fully saturated rings. The van der Waals surface area contributed by atoms with Crippen LogP contribution in [-0.2, 0) is 13.1 Å². The van der Waals surface area contributed by atoms with Gasteiger partial charge in [0.2, 0.25) is 0 Å². The van der Waals surface area contributed by atoms with Crippen molar-refractivity contribution in [1.29, 1.82) is 0 Å². The highest BCUT2D eigenvalue weighted by atomic mass is 32.2. The molecule has 0 aliphatic heterocycles. The summed E-state index contributed by atoms with van der Waals surface area (Å²) in [5.41, 5.74) is 3.43. The summed E-state index contributed by atoms with van der Waals surface area (Å²) in [5, 5.41) is 17.6. The third kappa shape index (κ3) is 4.60. The third-order valence-electron chi connectivity index (χ3n) is 3.66. The van der Waals surface area contributed by atoms with E-state index >= 15 is 0 Å². The Labute approximate surface area is 136 Å². The van der Waals surface area contributed by atoms with Gasteiger partial charge in [0.15, 0.2) is 0 Å². The average Bonchev–Trinajstić information content (AvgIpc) is 2.76. The van der Waals surface area contributed by atoms with Crippen LogP contribution in [-0.4, -0.2) is 33.3 Å². The van der Waals surface area contributed by atoms with Crippen molar-refractivity contribution in [3.05, 3.63) is 47.3 Å². The number of aromatic nitrogens is 2. The number of nitrogens with zero attached hydrogens (tertiary/aromatic N) is 2. The Balaban J connectivity index is 1.83. The first kappa shape index (κ1) is 17.1. The molecule has 0 saturated carbocycles. The largest absolute Gasteiger partial charge is 0.394 e. The molecule has 1 heterocycles. The van der Waals surface area contributed by atoms with Gasteiger partial charge in [-0.3, -0.25) is 4.68 Å². The Morgan fingerprint density at radius 3 is 2.68 bits per heavy atom. The Kier molecular flexibility index (Phi) is 6.49. The quantitative estimate of drug-likeness (QED) is 0.735. The zero-order valence-electron chi connectivity index (χ0n) is 13.5. The second-order valence-corrected chi connectivity index (χ2v) is 6.98. The van der Waals surface area contributed by atoms with Crippen LogP contribution in [0.5, 0.6) is 0 Å². The summed E-state index contributed by atoms with van der Waals surface area (Å²) in [6.07, 6.45) is 0. The second-order valence-electron chi connectivity index (χ2n) is 5.47. The number of hydrogen-bond acceptors (Lipinski definition) is 4. The topological polar surface area (TPSA) is 50.1 Å². The van der Waals surface area contributed by atoms with E-state index in [0.717, 1.165) is 24.5 Å². The summed E-state index contributed by atoms with van der Waals surface area (Å²) in [6, 6.07) is 10.5. The van der Waals surface area contributed by atoms with E-state index in [0.29, 0.717) is 11.8 Å². The van der Waals surface area contributed by atoms with Crippen molar-refractivity contribution in [2.45, 2.75) is 44.0 Å². The molecule has 0 bridgehead atoms. The van der Waals surface area contributed by atoms with E-state index < -0.39 is 0 Å². The second kappa shape index (κ2) is 8.36. The average molecular weight is 319 g/mol. The van der Waals surface area contributed by atoms with Crippen molar-refractivity contribution >= 4 is 11.8 Å². The maximum Gasteiger partial charge on any atom is 0.0644 e. The lowest BCUT2D eigenvalue weighted by atomic mass is 10.2. The lowest BCUT2D eigenvalue weighted by Gasteiger charge is -2.12. The molecule has 1 aromatic heterocycles. The molecule has 1 unspecified atom stereocenters. The van der Waals surface area contributed by atoms with Crippen LogP contribution < -0.4 is 5.32 Å². The Hall–Kier alpha value is -1.30. The molecule has 2 N–H and O–H groups in total. The molecule has 120 valence electrons. The minimum atomic E-state index is 0.125. The smallest absolute Gasteiger partial charge is 0.0644 e. The van der Waals surface area contributed by atoms with Crippen molar-refractivity contribution < 1.29 is 5.11 Å². The lowest BCUT2D eigenvalue weighted by Crippen LogP contribution is -2.22. The van der Waals surface area contributed by atoms with Gasteiger partial charge < -0.3 is 10.4 Å². The zero-order chi connectivity index (χ0) is 15.9. The van der Waals surface area contributed by atoms with Crippen LogP contribution in [0.15, 0.2) is 35.2 Å². The van der Waals surface area contributed by atoms with Gasteiger partial charge in [-0.05, 0) is 26.0 Å². The SMILES string of the molecule is Cc1nn(CCO)c(C)c1CNCC(C)Sc1ccccc1. The first-order chi connectivity index (χ1) is 10.6. The Bertz CT molecular complexity index is 583. The van der Waals surface area contributed by atoms with Crippen LogP contribution in [0.1, 0.15) is 23.9 Å². The third-order valence-corrected chi connectivity index (χ3v) is 4.77. The highest BCUT2D eigenvalue weighted by Crippen LogP contribution is 2.22. The van der Waals surface area contributed by atoms with Gasteiger partial charge in [0.1, 0.15) is 0 Å². The molecule has 0 aliphatic carbocycles. The Morgan fingerprint density at radius 1 is 1.27 bits per heavy atom. The number of hydrogen-bond donors (Lipinski definition) is 2. The number of thioether (sulfide) groups is 1. The molecule has 0 radical (unpaired) electrons. The van der Waals surface area contributed by atoms with E-state index in [1.54, 1.807) is 0 Å². The van der Waals surface area contributed by atoms with Crippen molar-refractivity contribution in [1.82, 2.24) is 15.1 Å². The standard InChI is InChI=1S/C17H25N3OS/c1-13(22-16-7-5-4-6-8-16)11-18-12-17-14(2)19-20(9-10-21)15(17)3/h4-8,13,18,21H,9-12H2,1-3H3. The number of aryl methyl sites for hydroxylation is 1. The monoisotopic (exact) mass is 319 g/mol. The van der Waals surface area contributed by atoms with Gasteiger partial charge in [-0.1, -0.05) is 25.1 Å². The van der Waals surface area contributed by atoms with Gasteiger partial charge >= 0.3 is 0 Å². The summed E-state index contributed by atoms with van der Waals surface area (Å²) >= 11 is 1.88. The van der Waals surface area contributed by atoms with Crippen molar-refractivity contribution in [2.24, 2.45) is 0 Å². The van der Waals surface area contributed by atoms with E-state index in [2.05, 4.69) is 48.5 Å². The number of rotatable bonds is 8. The van der Waals surface area contributed by atoms with Crippen LogP contribution in [0, 0.1) is 13.8 Å². The first-order valence-corrected chi connectivity index (χ1v) is 8.56. The van der Waals surface area contributed by atoms with Crippen LogP contribution in [0.2, 0.25) is 0 Å². The summed E-state index contributed by atoms with van der Waals surface area (Å²) in [5.74, 6) is 0. The molecule has 1 atom stereocenters. The molecule has 0 saturated heterocycles. The van der Waals surface area contributed by atoms with Gasteiger partial charge in [0, 0.05) is 34.5 Å². The van der Waals surface area contributed by atoms with Crippen LogP contribution >= 0.6 is 11.8 Å². The number of aliphatic hydroxyl groups is 1. The van der Waals surface area contributed by atoms with E-state index in [1.807, 2.05) is 29.4 Å². The normalized spacial score (nSPS) is 12.5. The maximum atomic E-state index is 9.05. The van der Waals surface area contributed by atoms with E-state index in [4.69, 9.17) is 5.11 Å². The molecule has 22 heavy (non-hydrogen) atoms. The lowest BCUT2D eigenvalue weighted by molar-refractivity contribution is 0.267. The molecule has 1 aromatic carbocycles. The fourth-order valence-electron chi connectivity index (χ4n) is 2.48. The predicted molar refractivity (Wildman–Crippen MR) is 92.3 cm³/mol. The number of nitrogens with one attached hydrogen (secondary N) is 1. The maximum absolute atomic E-state index is 9.05. The summed E-state index contributed by atoms with van der Waals surface area (Å²) in [7, 11) is 0. The minimum Gasteiger partial charge on any atom is -0.394 e. The minimum absolute atomic E-state index is 0.125.